The van der Waals surface area contributed by atoms with Crippen LogP contribution in [0, 0.1) is 5.92 Å². The molecule has 2 aromatic rings. The van der Waals surface area contributed by atoms with Gasteiger partial charge in [0, 0.05) is 24.7 Å². The van der Waals surface area contributed by atoms with E-state index < -0.39 is 5.92 Å². The molecule has 2 aromatic carbocycles. The molecule has 1 aliphatic heterocycles. The number of ether oxygens (including phenoxy) is 1. The van der Waals surface area contributed by atoms with Gasteiger partial charge in [-0.05, 0) is 50.1 Å². The number of carbonyl (C=O) groups excluding carboxylic acids is 3. The Hall–Kier alpha value is -3.06. The summed E-state index contributed by atoms with van der Waals surface area (Å²) in [4.78, 5) is 40.1. The van der Waals surface area contributed by atoms with Gasteiger partial charge in [0.05, 0.1) is 28.8 Å². The number of nitrogens with one attached hydrogen (secondary N) is 2. The van der Waals surface area contributed by atoms with Crippen LogP contribution in [0.2, 0.25) is 5.02 Å². The van der Waals surface area contributed by atoms with Crippen molar-refractivity contribution in [3.8, 4) is 5.75 Å². The molecule has 1 unspecified atom stereocenters. The molecule has 1 saturated carbocycles. The molecule has 0 bridgehead atoms. The molecule has 1 heterocycles. The number of rotatable bonds is 7. The van der Waals surface area contributed by atoms with Crippen molar-refractivity contribution in [1.29, 1.82) is 0 Å². The number of benzene rings is 2. The molecule has 3 amide bonds. The second-order valence-corrected chi connectivity index (χ2v) is 9.21. The molecule has 0 spiro atoms. The SMILES string of the molecule is CCOc1ccccc1N1CC(C(=O)Nc2ccc(Cl)c(C(=O)NC3CCCCC3)c2)CC1=O. The van der Waals surface area contributed by atoms with E-state index in [1.165, 1.54) is 6.42 Å². The summed E-state index contributed by atoms with van der Waals surface area (Å²) in [5.74, 6) is -0.535. The van der Waals surface area contributed by atoms with Crippen molar-refractivity contribution < 1.29 is 19.1 Å². The third kappa shape index (κ3) is 5.53. The van der Waals surface area contributed by atoms with Gasteiger partial charge in [0.15, 0.2) is 0 Å². The fourth-order valence-electron chi connectivity index (χ4n) is 4.61. The number of para-hydroxylation sites is 2. The van der Waals surface area contributed by atoms with Crippen molar-refractivity contribution in [1.82, 2.24) is 5.32 Å². The van der Waals surface area contributed by atoms with Crippen molar-refractivity contribution in [2.45, 2.75) is 51.5 Å². The first-order valence-corrected chi connectivity index (χ1v) is 12.3. The fourth-order valence-corrected chi connectivity index (χ4v) is 4.81. The van der Waals surface area contributed by atoms with Crippen LogP contribution in [-0.4, -0.2) is 36.9 Å². The van der Waals surface area contributed by atoms with Crippen LogP contribution < -0.4 is 20.3 Å². The van der Waals surface area contributed by atoms with Crippen LogP contribution in [0.15, 0.2) is 42.5 Å². The van der Waals surface area contributed by atoms with E-state index in [0.717, 1.165) is 25.7 Å². The third-order valence-electron chi connectivity index (χ3n) is 6.37. The standard InChI is InChI=1S/C26H30ClN3O4/c1-2-34-23-11-7-6-10-22(23)30-16-17(14-24(30)31)25(32)29-19-12-13-21(27)20(15-19)26(33)28-18-8-4-3-5-9-18/h6-7,10-13,15,17-18H,2-5,8-9,14,16H2,1H3,(H,28,33)(H,29,32). The number of halogens is 1. The number of nitrogens with zero attached hydrogens (tertiary/aromatic N) is 1. The first kappa shape index (κ1) is 24.1. The minimum absolute atomic E-state index is 0.106. The normalized spacial score (nSPS) is 18.6. The van der Waals surface area contributed by atoms with Crippen LogP contribution >= 0.6 is 11.6 Å². The molecule has 2 N–H and O–H groups in total. The van der Waals surface area contributed by atoms with Gasteiger partial charge >= 0.3 is 0 Å². The highest BCUT2D eigenvalue weighted by molar-refractivity contribution is 6.34. The fraction of sp³-hybridized carbons (Fsp3) is 0.423. The van der Waals surface area contributed by atoms with E-state index in [1.54, 1.807) is 23.1 Å². The van der Waals surface area contributed by atoms with Crippen molar-refractivity contribution in [3.63, 3.8) is 0 Å². The lowest BCUT2D eigenvalue weighted by molar-refractivity contribution is -0.122. The maximum Gasteiger partial charge on any atom is 0.253 e. The van der Waals surface area contributed by atoms with Crippen LogP contribution in [0.5, 0.6) is 5.75 Å². The number of hydrogen-bond donors (Lipinski definition) is 2. The van der Waals surface area contributed by atoms with E-state index in [0.29, 0.717) is 34.3 Å². The van der Waals surface area contributed by atoms with Gasteiger partial charge in [0.2, 0.25) is 11.8 Å². The molecule has 0 radical (unpaired) electrons. The van der Waals surface area contributed by atoms with E-state index in [-0.39, 0.29) is 36.7 Å². The largest absolute Gasteiger partial charge is 0.492 e. The van der Waals surface area contributed by atoms with Gasteiger partial charge in [-0.1, -0.05) is 43.0 Å². The molecule has 1 atom stereocenters. The molecular formula is C26H30ClN3O4. The van der Waals surface area contributed by atoms with Gasteiger partial charge in [-0.3, -0.25) is 14.4 Å². The molecule has 7 nitrogen and oxygen atoms in total. The lowest BCUT2D eigenvalue weighted by atomic mass is 9.95. The molecule has 180 valence electrons. The number of amides is 3. The minimum Gasteiger partial charge on any atom is -0.492 e. The number of carbonyl (C=O) groups is 3. The Balaban J connectivity index is 1.42. The third-order valence-corrected chi connectivity index (χ3v) is 6.70. The summed E-state index contributed by atoms with van der Waals surface area (Å²) in [7, 11) is 0. The first-order valence-electron chi connectivity index (χ1n) is 11.9. The average Bonchev–Trinajstić information content (AvgIpc) is 3.23. The second-order valence-electron chi connectivity index (χ2n) is 8.80. The van der Waals surface area contributed by atoms with Crippen LogP contribution in [0.4, 0.5) is 11.4 Å². The summed E-state index contributed by atoms with van der Waals surface area (Å²) in [6, 6.07) is 12.3. The molecule has 1 saturated heterocycles. The second kappa shape index (κ2) is 10.9. The van der Waals surface area contributed by atoms with Crippen molar-refractivity contribution in [2.75, 3.05) is 23.4 Å². The van der Waals surface area contributed by atoms with Crippen molar-refractivity contribution in [2.24, 2.45) is 5.92 Å². The number of anilines is 2. The minimum atomic E-state index is -0.516. The Morgan fingerprint density at radius 2 is 1.88 bits per heavy atom. The molecule has 0 aromatic heterocycles. The van der Waals surface area contributed by atoms with Crippen LogP contribution in [0.3, 0.4) is 0 Å². The van der Waals surface area contributed by atoms with Gasteiger partial charge < -0.3 is 20.3 Å². The van der Waals surface area contributed by atoms with Crippen LogP contribution in [-0.2, 0) is 9.59 Å². The van der Waals surface area contributed by atoms with Crippen LogP contribution in [0.1, 0.15) is 55.8 Å². The lowest BCUT2D eigenvalue weighted by Gasteiger charge is -2.23. The highest BCUT2D eigenvalue weighted by atomic mass is 35.5. The van der Waals surface area contributed by atoms with Gasteiger partial charge in [-0.25, -0.2) is 0 Å². The monoisotopic (exact) mass is 483 g/mol. The van der Waals surface area contributed by atoms with Crippen LogP contribution in [0.25, 0.3) is 0 Å². The Labute approximate surface area is 204 Å². The zero-order valence-electron chi connectivity index (χ0n) is 19.3. The van der Waals surface area contributed by atoms with Gasteiger partial charge in [0.1, 0.15) is 5.75 Å². The Kier molecular flexibility index (Phi) is 7.73. The van der Waals surface area contributed by atoms with E-state index in [4.69, 9.17) is 16.3 Å². The molecule has 2 aliphatic rings. The zero-order chi connectivity index (χ0) is 24.1. The summed E-state index contributed by atoms with van der Waals surface area (Å²) >= 11 is 6.28. The maximum atomic E-state index is 13.0. The Morgan fingerprint density at radius 3 is 2.65 bits per heavy atom. The van der Waals surface area contributed by atoms with Gasteiger partial charge in [-0.15, -0.1) is 0 Å². The lowest BCUT2D eigenvalue weighted by Crippen LogP contribution is -2.36. The summed E-state index contributed by atoms with van der Waals surface area (Å²) < 4.78 is 5.65. The predicted octanol–water partition coefficient (Wildman–Crippen LogP) is 4.79. The first-order chi connectivity index (χ1) is 16.5. The predicted molar refractivity (Wildman–Crippen MR) is 132 cm³/mol. The van der Waals surface area contributed by atoms with E-state index in [1.807, 2.05) is 31.2 Å². The summed E-state index contributed by atoms with van der Waals surface area (Å²) in [5.41, 5.74) is 1.47. The highest BCUT2D eigenvalue weighted by Crippen LogP contribution is 2.33. The molecule has 34 heavy (non-hydrogen) atoms. The summed E-state index contributed by atoms with van der Waals surface area (Å²) in [6.45, 7) is 2.63. The smallest absolute Gasteiger partial charge is 0.253 e. The Bertz CT molecular complexity index is 1070. The topological polar surface area (TPSA) is 87.7 Å². The number of hydrogen-bond acceptors (Lipinski definition) is 4. The molecular weight excluding hydrogens is 454 g/mol. The highest BCUT2D eigenvalue weighted by Gasteiger charge is 2.36. The van der Waals surface area contributed by atoms with Crippen molar-refractivity contribution >= 4 is 40.7 Å². The molecule has 1 aliphatic carbocycles. The Morgan fingerprint density at radius 1 is 1.12 bits per heavy atom. The van der Waals surface area contributed by atoms with E-state index in [2.05, 4.69) is 10.6 Å². The average molecular weight is 484 g/mol. The van der Waals surface area contributed by atoms with E-state index in [9.17, 15) is 14.4 Å². The van der Waals surface area contributed by atoms with Crippen molar-refractivity contribution in [3.05, 3.63) is 53.1 Å². The van der Waals surface area contributed by atoms with Gasteiger partial charge in [-0.2, -0.15) is 0 Å². The zero-order valence-corrected chi connectivity index (χ0v) is 20.1. The summed E-state index contributed by atoms with van der Waals surface area (Å²) in [6.07, 6.45) is 5.47. The maximum absolute atomic E-state index is 13.0. The molecule has 8 heteroatoms. The molecule has 2 fully saturated rings. The van der Waals surface area contributed by atoms with E-state index >= 15 is 0 Å². The van der Waals surface area contributed by atoms with Gasteiger partial charge in [0.25, 0.3) is 5.91 Å². The summed E-state index contributed by atoms with van der Waals surface area (Å²) in [5, 5.41) is 6.25. The molecule has 4 rings (SSSR count). The quantitative estimate of drug-likeness (QED) is 0.592.